The molecule has 5 rings (SSSR count). The number of aromatic nitrogens is 1. The Labute approximate surface area is 147 Å². The first-order valence-electron chi connectivity index (χ1n) is 7.92. The Morgan fingerprint density at radius 1 is 0.880 bits per heavy atom. The van der Waals surface area contributed by atoms with Crippen molar-refractivity contribution in [3.05, 3.63) is 78.6 Å². The summed E-state index contributed by atoms with van der Waals surface area (Å²) in [5.74, 6) is 0.355. The first kappa shape index (κ1) is 14.4. The molecule has 0 fully saturated rings. The second-order valence-electron chi connectivity index (χ2n) is 5.83. The zero-order valence-corrected chi connectivity index (χ0v) is 13.9. The third-order valence-corrected chi connectivity index (χ3v) is 5.31. The molecule has 0 unspecified atom stereocenters. The van der Waals surface area contributed by atoms with Crippen LogP contribution in [0.15, 0.2) is 77.2 Å². The average Bonchev–Trinajstić information content (AvgIpc) is 3.25. The van der Waals surface area contributed by atoms with Crippen LogP contribution in [0.4, 0.5) is 4.39 Å². The van der Waals surface area contributed by atoms with E-state index in [1.54, 1.807) is 23.5 Å². The Hall–Kier alpha value is -2.98. The van der Waals surface area contributed by atoms with Crippen LogP contribution in [0.25, 0.3) is 43.1 Å². The summed E-state index contributed by atoms with van der Waals surface area (Å²) in [6.07, 6.45) is 0. The molecule has 0 N–H and O–H groups in total. The van der Waals surface area contributed by atoms with E-state index in [9.17, 15) is 4.39 Å². The second kappa shape index (κ2) is 5.53. The van der Waals surface area contributed by atoms with Crippen LogP contribution in [-0.4, -0.2) is 4.98 Å². The first-order chi connectivity index (χ1) is 12.3. The van der Waals surface area contributed by atoms with Crippen molar-refractivity contribution >= 4 is 32.5 Å². The fourth-order valence-corrected chi connectivity index (χ4v) is 3.97. The summed E-state index contributed by atoms with van der Waals surface area (Å²) >= 11 is 1.65. The van der Waals surface area contributed by atoms with Gasteiger partial charge in [0.25, 0.3) is 0 Å². The van der Waals surface area contributed by atoms with Crippen molar-refractivity contribution in [2.45, 2.75) is 0 Å². The summed E-state index contributed by atoms with van der Waals surface area (Å²) in [6.45, 7) is 0. The van der Waals surface area contributed by atoms with Gasteiger partial charge in [-0.3, -0.25) is 0 Å². The molecule has 2 nitrogen and oxygen atoms in total. The molecule has 0 radical (unpaired) electrons. The van der Waals surface area contributed by atoms with E-state index < -0.39 is 0 Å². The van der Waals surface area contributed by atoms with Gasteiger partial charge in [-0.2, -0.15) is 0 Å². The van der Waals surface area contributed by atoms with Crippen molar-refractivity contribution < 1.29 is 8.81 Å². The summed E-state index contributed by atoms with van der Waals surface area (Å²) in [5.41, 5.74) is 2.77. The molecule has 0 aliphatic rings. The highest BCUT2D eigenvalue weighted by Gasteiger charge is 2.13. The topological polar surface area (TPSA) is 26.0 Å². The van der Waals surface area contributed by atoms with Crippen LogP contribution in [-0.2, 0) is 0 Å². The molecule has 2 heterocycles. The van der Waals surface area contributed by atoms with Gasteiger partial charge in [0.1, 0.15) is 11.3 Å². The molecular weight excluding hydrogens is 333 g/mol. The summed E-state index contributed by atoms with van der Waals surface area (Å²) in [5, 5.41) is 1.18. The minimum absolute atomic E-state index is 0.244. The number of thiophene rings is 1. The van der Waals surface area contributed by atoms with Gasteiger partial charge in [-0.05, 0) is 41.3 Å². The van der Waals surface area contributed by atoms with Crippen LogP contribution in [0.2, 0.25) is 0 Å². The lowest BCUT2D eigenvalue weighted by atomic mass is 10.1. The SMILES string of the molecule is Fc1ccccc1-c1ccc2nc(-c3cc4ccccc4s3)oc2c1. The minimum atomic E-state index is -0.244. The molecule has 3 aromatic carbocycles. The van der Waals surface area contributed by atoms with Crippen molar-refractivity contribution in [2.75, 3.05) is 0 Å². The van der Waals surface area contributed by atoms with Crippen molar-refractivity contribution in [1.29, 1.82) is 0 Å². The Morgan fingerprint density at radius 3 is 2.60 bits per heavy atom. The number of halogens is 1. The lowest BCUT2D eigenvalue weighted by molar-refractivity contribution is 0.621. The Kier molecular flexibility index (Phi) is 3.18. The maximum Gasteiger partial charge on any atom is 0.237 e. The number of benzene rings is 3. The van der Waals surface area contributed by atoms with E-state index in [-0.39, 0.29) is 5.82 Å². The third kappa shape index (κ3) is 2.42. The molecule has 0 amide bonds. The van der Waals surface area contributed by atoms with Crippen molar-refractivity contribution in [1.82, 2.24) is 4.98 Å². The molecule has 4 heteroatoms. The van der Waals surface area contributed by atoms with Crippen LogP contribution in [0.5, 0.6) is 0 Å². The number of hydrogen-bond donors (Lipinski definition) is 0. The van der Waals surface area contributed by atoms with Gasteiger partial charge in [-0.15, -0.1) is 11.3 Å². The van der Waals surface area contributed by atoms with E-state index in [0.717, 1.165) is 16.0 Å². The van der Waals surface area contributed by atoms with Crippen LogP contribution in [0, 0.1) is 5.82 Å². The lowest BCUT2D eigenvalue weighted by Gasteiger charge is -2.02. The molecule has 0 saturated carbocycles. The van der Waals surface area contributed by atoms with Gasteiger partial charge in [-0.25, -0.2) is 9.37 Å². The molecule has 2 aromatic heterocycles. The van der Waals surface area contributed by atoms with Crippen molar-refractivity contribution in [3.8, 4) is 21.9 Å². The number of rotatable bonds is 2. The molecule has 0 bridgehead atoms. The zero-order chi connectivity index (χ0) is 16.8. The normalized spacial score (nSPS) is 11.4. The van der Waals surface area contributed by atoms with Gasteiger partial charge < -0.3 is 4.42 Å². The number of nitrogens with zero attached hydrogens (tertiary/aromatic N) is 1. The van der Waals surface area contributed by atoms with Gasteiger partial charge in [0.05, 0.1) is 4.88 Å². The predicted octanol–water partition coefficient (Wildman–Crippen LogP) is 6.52. The van der Waals surface area contributed by atoms with Gasteiger partial charge in [0, 0.05) is 10.3 Å². The van der Waals surface area contributed by atoms with Crippen LogP contribution in [0.3, 0.4) is 0 Å². The van der Waals surface area contributed by atoms with Gasteiger partial charge in [0.2, 0.25) is 5.89 Å². The monoisotopic (exact) mass is 345 g/mol. The Balaban J connectivity index is 1.63. The fourth-order valence-electron chi connectivity index (χ4n) is 2.98. The van der Waals surface area contributed by atoms with Gasteiger partial charge in [0.15, 0.2) is 5.58 Å². The van der Waals surface area contributed by atoms with E-state index in [1.165, 1.54) is 16.2 Å². The minimum Gasteiger partial charge on any atom is -0.435 e. The van der Waals surface area contributed by atoms with Crippen molar-refractivity contribution in [3.63, 3.8) is 0 Å². The lowest BCUT2D eigenvalue weighted by Crippen LogP contribution is -1.82. The number of hydrogen-bond acceptors (Lipinski definition) is 3. The number of oxazole rings is 1. The van der Waals surface area contributed by atoms with Crippen LogP contribution < -0.4 is 0 Å². The fraction of sp³-hybridized carbons (Fsp3) is 0. The maximum atomic E-state index is 14.0. The largest absolute Gasteiger partial charge is 0.435 e. The highest BCUT2D eigenvalue weighted by atomic mass is 32.1. The standard InChI is InChI=1S/C21H12FNOS/c22-16-7-3-2-6-15(16)13-9-10-17-18(11-13)24-21(23-17)20-12-14-5-1-4-8-19(14)25-20/h1-12H. The predicted molar refractivity (Wildman–Crippen MR) is 100 cm³/mol. The van der Waals surface area contributed by atoms with E-state index in [4.69, 9.17) is 4.42 Å². The molecule has 0 atom stereocenters. The van der Waals surface area contributed by atoms with Crippen molar-refractivity contribution in [2.24, 2.45) is 0 Å². The molecule has 0 aliphatic carbocycles. The highest BCUT2D eigenvalue weighted by Crippen LogP contribution is 2.35. The summed E-state index contributed by atoms with van der Waals surface area (Å²) < 4.78 is 21.2. The highest BCUT2D eigenvalue weighted by molar-refractivity contribution is 7.22. The van der Waals surface area contributed by atoms with E-state index >= 15 is 0 Å². The van der Waals surface area contributed by atoms with E-state index in [2.05, 4.69) is 23.2 Å². The molecule has 120 valence electrons. The smallest absolute Gasteiger partial charge is 0.237 e. The van der Waals surface area contributed by atoms with Gasteiger partial charge >= 0.3 is 0 Å². The van der Waals surface area contributed by atoms with Crippen LogP contribution >= 0.6 is 11.3 Å². The van der Waals surface area contributed by atoms with E-state index in [1.807, 2.05) is 36.4 Å². The average molecular weight is 345 g/mol. The summed E-state index contributed by atoms with van der Waals surface area (Å²) in [7, 11) is 0. The first-order valence-corrected chi connectivity index (χ1v) is 8.74. The molecule has 0 saturated heterocycles. The molecule has 5 aromatic rings. The van der Waals surface area contributed by atoms with Gasteiger partial charge in [-0.1, -0.05) is 42.5 Å². The third-order valence-electron chi connectivity index (χ3n) is 4.21. The zero-order valence-electron chi connectivity index (χ0n) is 13.1. The number of fused-ring (bicyclic) bond motifs is 2. The van der Waals surface area contributed by atoms with Crippen LogP contribution in [0.1, 0.15) is 0 Å². The summed E-state index contributed by atoms with van der Waals surface area (Å²) in [6, 6.07) is 22.6. The molecule has 0 spiro atoms. The quantitative estimate of drug-likeness (QED) is 0.364. The molecule has 0 aliphatic heterocycles. The summed E-state index contributed by atoms with van der Waals surface area (Å²) in [4.78, 5) is 5.58. The van der Waals surface area contributed by atoms with E-state index in [0.29, 0.717) is 17.0 Å². The second-order valence-corrected chi connectivity index (χ2v) is 6.91. The Bertz CT molecular complexity index is 1190. The maximum absolute atomic E-state index is 14.0. The molecular formula is C21H12FNOS. The Morgan fingerprint density at radius 2 is 1.72 bits per heavy atom. The molecule has 25 heavy (non-hydrogen) atoms.